The quantitative estimate of drug-likeness (QED) is 0.653. The minimum atomic E-state index is -0.597. The van der Waals surface area contributed by atoms with E-state index in [4.69, 9.17) is 9.47 Å². The van der Waals surface area contributed by atoms with Gasteiger partial charge in [-0.3, -0.25) is 4.57 Å². The van der Waals surface area contributed by atoms with Crippen molar-refractivity contribution in [3.63, 3.8) is 0 Å². The Morgan fingerprint density at radius 3 is 2.84 bits per heavy atom. The molecule has 1 aromatic rings. The molecular weight excluding hydrogens is 252 g/mol. The number of imidazole rings is 1. The second-order valence-corrected chi connectivity index (χ2v) is 4.98. The van der Waals surface area contributed by atoms with Gasteiger partial charge in [0.1, 0.15) is 6.10 Å². The molecule has 0 aliphatic carbocycles. The van der Waals surface area contributed by atoms with Gasteiger partial charge in [-0.05, 0) is 23.8 Å². The fraction of sp³-hybridized carbons (Fsp3) is 0.727. The number of nitro groups is 1. The minimum Gasteiger partial charge on any atom is -0.362 e. The van der Waals surface area contributed by atoms with Gasteiger partial charge in [-0.15, -0.1) is 0 Å². The molecule has 1 N–H and O–H groups in total. The maximum absolute atomic E-state index is 10.9. The maximum atomic E-state index is 10.9. The van der Waals surface area contributed by atoms with Crippen molar-refractivity contribution in [1.29, 1.82) is 0 Å². The Labute approximate surface area is 110 Å². The number of aromatic nitrogens is 2. The lowest BCUT2D eigenvalue weighted by Crippen LogP contribution is -2.26. The summed E-state index contributed by atoms with van der Waals surface area (Å²) in [5.74, 6) is 0.202. The van der Waals surface area contributed by atoms with Crippen LogP contribution < -0.4 is 5.32 Å². The molecule has 2 rings (SSSR count). The van der Waals surface area contributed by atoms with Crippen LogP contribution in [0.4, 0.5) is 11.6 Å². The van der Waals surface area contributed by atoms with Crippen molar-refractivity contribution >= 4 is 11.6 Å². The van der Waals surface area contributed by atoms with E-state index in [1.165, 1.54) is 0 Å². The van der Waals surface area contributed by atoms with Crippen molar-refractivity contribution in [3.8, 4) is 0 Å². The number of nitrogens with zero attached hydrogens (tertiary/aromatic N) is 3. The molecule has 1 unspecified atom stereocenters. The van der Waals surface area contributed by atoms with Crippen molar-refractivity contribution in [3.05, 3.63) is 15.9 Å². The number of hydrogen-bond acceptors (Lipinski definition) is 6. The highest BCUT2D eigenvalue weighted by atomic mass is 16.7. The van der Waals surface area contributed by atoms with Crippen LogP contribution in [0.3, 0.4) is 0 Å². The van der Waals surface area contributed by atoms with Gasteiger partial charge in [0.25, 0.3) is 0 Å². The summed E-state index contributed by atoms with van der Waals surface area (Å²) in [6.07, 6.45) is -0.134. The molecule has 8 heteroatoms. The monoisotopic (exact) mass is 270 g/mol. The Kier molecular flexibility index (Phi) is 3.46. The third kappa shape index (κ3) is 2.85. The number of nitrogens with one attached hydrogen (secondary N) is 1. The van der Waals surface area contributed by atoms with Crippen LogP contribution >= 0.6 is 0 Å². The lowest BCUT2D eigenvalue weighted by atomic mass is 10.3. The molecule has 1 saturated heterocycles. The van der Waals surface area contributed by atoms with Gasteiger partial charge < -0.3 is 24.9 Å². The van der Waals surface area contributed by atoms with E-state index in [1.807, 2.05) is 13.8 Å². The van der Waals surface area contributed by atoms with Crippen LogP contribution in [0.2, 0.25) is 0 Å². The molecule has 1 aliphatic rings. The first-order valence-corrected chi connectivity index (χ1v) is 6.03. The lowest BCUT2D eigenvalue weighted by molar-refractivity contribution is -0.388. The van der Waals surface area contributed by atoms with Gasteiger partial charge in [0.2, 0.25) is 11.6 Å². The van der Waals surface area contributed by atoms with Gasteiger partial charge in [-0.2, -0.15) is 0 Å². The van der Waals surface area contributed by atoms with Crippen molar-refractivity contribution in [1.82, 2.24) is 9.55 Å². The van der Waals surface area contributed by atoms with E-state index in [0.717, 1.165) is 0 Å². The number of hydrogen-bond donors (Lipinski definition) is 1. The second kappa shape index (κ2) is 4.78. The average Bonchev–Trinajstić information content (AvgIpc) is 2.79. The van der Waals surface area contributed by atoms with Crippen LogP contribution in [0.25, 0.3) is 0 Å². The number of ether oxygens (including phenoxy) is 2. The first-order valence-electron chi connectivity index (χ1n) is 6.03. The van der Waals surface area contributed by atoms with E-state index in [-0.39, 0.29) is 11.9 Å². The van der Waals surface area contributed by atoms with Gasteiger partial charge in [-0.25, -0.2) is 0 Å². The minimum absolute atomic E-state index is 0.134. The van der Waals surface area contributed by atoms with Crippen molar-refractivity contribution in [2.75, 3.05) is 18.5 Å². The van der Waals surface area contributed by atoms with Gasteiger partial charge in [0, 0.05) is 20.5 Å². The Hall–Kier alpha value is -1.67. The van der Waals surface area contributed by atoms with E-state index in [0.29, 0.717) is 24.8 Å². The van der Waals surface area contributed by atoms with Crippen molar-refractivity contribution in [2.45, 2.75) is 32.7 Å². The van der Waals surface area contributed by atoms with Gasteiger partial charge in [0.15, 0.2) is 5.79 Å². The zero-order valence-electron chi connectivity index (χ0n) is 11.5. The molecule has 0 bridgehead atoms. The Bertz CT molecular complexity index is 497. The summed E-state index contributed by atoms with van der Waals surface area (Å²) in [5.41, 5.74) is 0. The van der Waals surface area contributed by atoms with Crippen LogP contribution in [0.1, 0.15) is 19.7 Å². The van der Waals surface area contributed by atoms with E-state index in [9.17, 15) is 10.1 Å². The van der Waals surface area contributed by atoms with Crippen LogP contribution in [0.15, 0.2) is 0 Å². The lowest BCUT2D eigenvalue weighted by Gasteiger charge is -2.17. The first-order chi connectivity index (χ1) is 8.80. The fourth-order valence-corrected chi connectivity index (χ4v) is 1.99. The fourth-order valence-electron chi connectivity index (χ4n) is 1.99. The standard InChI is InChI=1S/C11H18N4O4/c1-7-13-10(15(16)17)9(14(7)4)12-5-8-6-18-11(2,3)19-8/h8,12H,5-6H2,1-4H3. The van der Waals surface area contributed by atoms with Crippen LogP contribution in [-0.2, 0) is 16.5 Å². The molecule has 0 amide bonds. The zero-order chi connectivity index (χ0) is 14.2. The number of anilines is 1. The molecule has 1 atom stereocenters. The molecule has 8 nitrogen and oxygen atoms in total. The normalized spacial score (nSPS) is 21.6. The smallest absolute Gasteiger partial charge is 0.362 e. The molecule has 0 radical (unpaired) electrons. The molecule has 1 fully saturated rings. The third-order valence-corrected chi connectivity index (χ3v) is 3.04. The predicted molar refractivity (Wildman–Crippen MR) is 68.0 cm³/mol. The zero-order valence-corrected chi connectivity index (χ0v) is 11.5. The molecular formula is C11H18N4O4. The Morgan fingerprint density at radius 1 is 1.63 bits per heavy atom. The summed E-state index contributed by atoms with van der Waals surface area (Å²) in [4.78, 5) is 14.3. The highest BCUT2D eigenvalue weighted by molar-refractivity contribution is 5.53. The molecule has 2 heterocycles. The summed E-state index contributed by atoms with van der Waals surface area (Å²) < 4.78 is 12.7. The summed E-state index contributed by atoms with van der Waals surface area (Å²) in [6, 6.07) is 0. The highest BCUT2D eigenvalue weighted by Gasteiger charge is 2.33. The largest absolute Gasteiger partial charge is 0.406 e. The van der Waals surface area contributed by atoms with E-state index >= 15 is 0 Å². The van der Waals surface area contributed by atoms with Crippen LogP contribution in [0.5, 0.6) is 0 Å². The van der Waals surface area contributed by atoms with Gasteiger partial charge >= 0.3 is 5.82 Å². The average molecular weight is 270 g/mol. The molecule has 106 valence electrons. The van der Waals surface area contributed by atoms with E-state index in [2.05, 4.69) is 10.3 Å². The number of rotatable bonds is 4. The molecule has 1 aromatic heterocycles. The van der Waals surface area contributed by atoms with Crippen molar-refractivity contribution < 1.29 is 14.4 Å². The maximum Gasteiger partial charge on any atom is 0.406 e. The van der Waals surface area contributed by atoms with Gasteiger partial charge in [-0.1, -0.05) is 0 Å². The number of aryl methyl sites for hydroxylation is 1. The van der Waals surface area contributed by atoms with E-state index in [1.54, 1.807) is 18.5 Å². The van der Waals surface area contributed by atoms with Crippen LogP contribution in [0, 0.1) is 17.0 Å². The van der Waals surface area contributed by atoms with E-state index < -0.39 is 10.7 Å². The second-order valence-electron chi connectivity index (χ2n) is 4.98. The Morgan fingerprint density at radius 2 is 2.32 bits per heavy atom. The summed E-state index contributed by atoms with van der Waals surface area (Å²) in [6.45, 7) is 6.29. The summed E-state index contributed by atoms with van der Waals surface area (Å²) in [7, 11) is 1.73. The SMILES string of the molecule is Cc1nc([N+](=O)[O-])c(NCC2COC(C)(C)O2)n1C. The van der Waals surface area contributed by atoms with Crippen LogP contribution in [-0.4, -0.2) is 39.5 Å². The predicted octanol–water partition coefficient (Wildman–Crippen LogP) is 1.20. The van der Waals surface area contributed by atoms with Gasteiger partial charge in [0.05, 0.1) is 6.61 Å². The summed E-state index contributed by atoms with van der Waals surface area (Å²) >= 11 is 0. The molecule has 0 spiro atoms. The molecule has 0 aromatic carbocycles. The topological polar surface area (TPSA) is 91.5 Å². The summed E-state index contributed by atoms with van der Waals surface area (Å²) in [5, 5.41) is 13.9. The molecule has 0 saturated carbocycles. The Balaban J connectivity index is 2.06. The molecule has 19 heavy (non-hydrogen) atoms. The first kappa shape index (κ1) is 13.8. The third-order valence-electron chi connectivity index (χ3n) is 3.04. The molecule has 1 aliphatic heterocycles. The highest BCUT2D eigenvalue weighted by Crippen LogP contribution is 2.26. The van der Waals surface area contributed by atoms with Crippen molar-refractivity contribution in [2.24, 2.45) is 7.05 Å².